The molecule has 0 bridgehead atoms. The van der Waals surface area contributed by atoms with Crippen molar-refractivity contribution >= 4 is 28.3 Å². The molecular formula is C18H13ClN8O. The number of H-pyrrole nitrogens is 1. The van der Waals surface area contributed by atoms with Gasteiger partial charge in [-0.25, -0.2) is 9.55 Å². The second-order valence-electron chi connectivity index (χ2n) is 6.31. The zero-order valence-corrected chi connectivity index (χ0v) is 15.6. The normalized spacial score (nSPS) is 11.5. The maximum Gasteiger partial charge on any atom is 0.269 e. The Kier molecular flexibility index (Phi) is 3.53. The number of nitrogens with one attached hydrogen (secondary N) is 1. The van der Waals surface area contributed by atoms with Crippen LogP contribution in [0.4, 0.5) is 0 Å². The Hall–Kier alpha value is -3.59. The number of hydrogen-bond acceptors (Lipinski definition) is 6. The Morgan fingerprint density at radius 1 is 1.04 bits per heavy atom. The third-order valence-corrected chi connectivity index (χ3v) is 4.61. The van der Waals surface area contributed by atoms with Crippen LogP contribution in [-0.4, -0.2) is 39.3 Å². The van der Waals surface area contributed by atoms with Gasteiger partial charge in [0.1, 0.15) is 11.6 Å². The maximum absolute atomic E-state index is 13.4. The molecule has 1 aromatic carbocycles. The summed E-state index contributed by atoms with van der Waals surface area (Å²) in [5, 5.41) is 12.3. The van der Waals surface area contributed by atoms with Crippen LogP contribution >= 0.6 is 11.6 Å². The number of hydrogen-bond donors (Lipinski definition) is 1. The lowest BCUT2D eigenvalue weighted by Gasteiger charge is -2.10. The summed E-state index contributed by atoms with van der Waals surface area (Å²) in [6, 6.07) is 8.94. The lowest BCUT2D eigenvalue weighted by Crippen LogP contribution is -2.21. The molecule has 0 aliphatic rings. The number of benzene rings is 1. The van der Waals surface area contributed by atoms with Crippen molar-refractivity contribution < 1.29 is 0 Å². The predicted octanol–water partition coefficient (Wildman–Crippen LogP) is 2.48. The van der Waals surface area contributed by atoms with Gasteiger partial charge in [0.25, 0.3) is 17.3 Å². The van der Waals surface area contributed by atoms with Gasteiger partial charge in [-0.1, -0.05) is 23.7 Å². The lowest BCUT2D eigenvalue weighted by molar-refractivity contribution is 0.893. The summed E-state index contributed by atoms with van der Waals surface area (Å²) in [5.41, 5.74) is 1.57. The highest BCUT2D eigenvalue weighted by molar-refractivity contribution is 6.30. The minimum absolute atomic E-state index is 0.265. The van der Waals surface area contributed by atoms with Crippen LogP contribution in [0, 0.1) is 13.8 Å². The lowest BCUT2D eigenvalue weighted by atomic mass is 10.1. The van der Waals surface area contributed by atoms with E-state index in [9.17, 15) is 4.79 Å². The summed E-state index contributed by atoms with van der Waals surface area (Å²) in [4.78, 5) is 26.5. The van der Waals surface area contributed by atoms with Crippen LogP contribution in [0.2, 0.25) is 5.02 Å². The molecule has 0 atom stereocenters. The Morgan fingerprint density at radius 3 is 2.54 bits per heavy atom. The second-order valence-corrected chi connectivity index (χ2v) is 6.75. The van der Waals surface area contributed by atoms with Crippen molar-refractivity contribution in [2.75, 3.05) is 0 Å². The van der Waals surface area contributed by atoms with Gasteiger partial charge in [-0.3, -0.25) is 9.89 Å². The van der Waals surface area contributed by atoms with Crippen LogP contribution in [0.1, 0.15) is 11.6 Å². The third-order valence-electron chi connectivity index (χ3n) is 4.35. The highest BCUT2D eigenvalue weighted by atomic mass is 35.5. The number of aryl methyl sites for hydroxylation is 2. The van der Waals surface area contributed by atoms with Crippen molar-refractivity contribution in [1.29, 1.82) is 0 Å². The smallest absolute Gasteiger partial charge is 0.268 e. The molecule has 5 rings (SSSR count). The first-order chi connectivity index (χ1) is 13.5. The molecule has 0 amide bonds. The van der Waals surface area contributed by atoms with Gasteiger partial charge in [0.15, 0.2) is 0 Å². The van der Waals surface area contributed by atoms with E-state index >= 15 is 0 Å². The van der Waals surface area contributed by atoms with Gasteiger partial charge in [0.2, 0.25) is 0 Å². The number of halogens is 1. The average Bonchev–Trinajstić information content (AvgIpc) is 3.26. The first kappa shape index (κ1) is 16.6. The standard InChI is InChI=1S/C18H13ClN8O/c1-9-20-18(24-23-9)26-8-7-13-14(16(26)28)15(11-3-5-12(19)6-4-11)27-17(22-13)21-10(2)25-27/h3-8H,1-2H3,(H,20,23,24). The van der Waals surface area contributed by atoms with Gasteiger partial charge in [-0.05, 0) is 32.0 Å². The van der Waals surface area contributed by atoms with Crippen LogP contribution in [0.15, 0.2) is 41.3 Å². The minimum Gasteiger partial charge on any atom is -0.268 e. The first-order valence-corrected chi connectivity index (χ1v) is 8.83. The molecule has 0 radical (unpaired) electrons. The molecule has 10 heteroatoms. The van der Waals surface area contributed by atoms with E-state index in [1.807, 2.05) is 12.1 Å². The monoisotopic (exact) mass is 392 g/mol. The molecule has 0 unspecified atom stereocenters. The van der Waals surface area contributed by atoms with Crippen LogP contribution in [0.3, 0.4) is 0 Å². The molecular weight excluding hydrogens is 380 g/mol. The van der Waals surface area contributed by atoms with E-state index in [2.05, 4.69) is 30.2 Å². The van der Waals surface area contributed by atoms with Gasteiger partial charge in [-0.2, -0.15) is 14.5 Å². The zero-order valence-electron chi connectivity index (χ0n) is 14.9. The first-order valence-electron chi connectivity index (χ1n) is 8.45. The van der Waals surface area contributed by atoms with Crippen molar-refractivity contribution in [2.45, 2.75) is 13.8 Å². The molecule has 0 saturated carbocycles. The van der Waals surface area contributed by atoms with E-state index < -0.39 is 0 Å². The molecule has 0 spiro atoms. The zero-order chi connectivity index (χ0) is 19.4. The second kappa shape index (κ2) is 5.96. The van der Waals surface area contributed by atoms with E-state index in [1.165, 1.54) is 4.57 Å². The summed E-state index contributed by atoms with van der Waals surface area (Å²) < 4.78 is 2.96. The van der Waals surface area contributed by atoms with E-state index in [0.717, 1.165) is 5.56 Å². The molecule has 4 aromatic heterocycles. The fourth-order valence-electron chi connectivity index (χ4n) is 3.15. The van der Waals surface area contributed by atoms with Gasteiger partial charge < -0.3 is 0 Å². The van der Waals surface area contributed by atoms with E-state index in [0.29, 0.717) is 39.0 Å². The summed E-state index contributed by atoms with van der Waals surface area (Å²) in [7, 11) is 0. The number of nitrogens with zero attached hydrogens (tertiary/aromatic N) is 7. The third kappa shape index (κ3) is 2.48. The number of aromatic amines is 1. The van der Waals surface area contributed by atoms with Crippen molar-refractivity contribution in [3.63, 3.8) is 0 Å². The number of aromatic nitrogens is 8. The number of rotatable bonds is 2. The summed E-state index contributed by atoms with van der Waals surface area (Å²) in [6.07, 6.45) is 1.60. The molecule has 0 aliphatic heterocycles. The molecule has 28 heavy (non-hydrogen) atoms. The molecule has 4 heterocycles. The summed E-state index contributed by atoms with van der Waals surface area (Å²) in [5.74, 6) is 1.85. The van der Waals surface area contributed by atoms with Crippen LogP contribution < -0.4 is 5.56 Å². The van der Waals surface area contributed by atoms with Gasteiger partial charge in [0.05, 0.1) is 16.6 Å². The van der Waals surface area contributed by atoms with Crippen molar-refractivity contribution in [1.82, 2.24) is 39.3 Å². The van der Waals surface area contributed by atoms with Crippen LogP contribution in [0.5, 0.6) is 0 Å². The summed E-state index contributed by atoms with van der Waals surface area (Å²) in [6.45, 7) is 3.55. The van der Waals surface area contributed by atoms with Gasteiger partial charge in [-0.15, -0.1) is 10.2 Å². The van der Waals surface area contributed by atoms with Gasteiger partial charge in [0, 0.05) is 16.8 Å². The molecule has 9 nitrogen and oxygen atoms in total. The minimum atomic E-state index is -0.302. The Balaban J connectivity index is 1.94. The fourth-order valence-corrected chi connectivity index (χ4v) is 3.28. The van der Waals surface area contributed by atoms with Crippen molar-refractivity contribution in [3.8, 4) is 17.2 Å². The number of fused-ring (bicyclic) bond motifs is 2. The van der Waals surface area contributed by atoms with Crippen molar-refractivity contribution in [2.24, 2.45) is 0 Å². The Morgan fingerprint density at radius 2 is 1.82 bits per heavy atom. The van der Waals surface area contributed by atoms with Crippen molar-refractivity contribution in [3.05, 3.63) is 63.6 Å². The Bertz CT molecular complexity index is 1410. The molecule has 0 aliphatic carbocycles. The Labute approximate surface area is 162 Å². The van der Waals surface area contributed by atoms with E-state index in [4.69, 9.17) is 11.6 Å². The SMILES string of the molecule is Cc1nc2nc3ccn(-c4n[nH]c(C)n4)c(=O)c3c(-c3ccc(Cl)cc3)n2n1. The predicted molar refractivity (Wildman–Crippen MR) is 104 cm³/mol. The molecule has 138 valence electrons. The van der Waals surface area contributed by atoms with Gasteiger partial charge >= 0.3 is 0 Å². The molecule has 5 aromatic rings. The topological polar surface area (TPSA) is 107 Å². The number of pyridine rings is 1. The maximum atomic E-state index is 13.4. The van der Waals surface area contributed by atoms with Crippen LogP contribution in [0.25, 0.3) is 33.9 Å². The van der Waals surface area contributed by atoms with E-state index in [-0.39, 0.29) is 11.5 Å². The average molecular weight is 393 g/mol. The largest absolute Gasteiger partial charge is 0.269 e. The van der Waals surface area contributed by atoms with Crippen LogP contribution in [-0.2, 0) is 0 Å². The quantitative estimate of drug-likeness (QED) is 0.494. The molecule has 1 N–H and O–H groups in total. The summed E-state index contributed by atoms with van der Waals surface area (Å²) >= 11 is 6.05. The molecule has 0 saturated heterocycles. The highest BCUT2D eigenvalue weighted by Crippen LogP contribution is 2.27. The highest BCUT2D eigenvalue weighted by Gasteiger charge is 2.19. The molecule has 0 fully saturated rings. The van der Waals surface area contributed by atoms with E-state index in [1.54, 1.807) is 42.8 Å². The fraction of sp³-hybridized carbons (Fsp3) is 0.111.